The Labute approximate surface area is 350 Å². The third kappa shape index (κ3) is 73.9. The van der Waals surface area contributed by atoms with Crippen LogP contribution in [0.15, 0.2) is 0 Å². The Hall–Kier alpha value is -1.18. The van der Waals surface area contributed by atoms with E-state index in [-0.39, 0.29) is 13.2 Å². The van der Waals surface area contributed by atoms with Crippen LogP contribution in [0.5, 0.6) is 0 Å². The fourth-order valence-electron chi connectivity index (χ4n) is 6.56. The molecule has 0 aromatic rings. The average Bonchev–Trinajstić information content (AvgIpc) is 3.19. The van der Waals surface area contributed by atoms with Crippen LogP contribution in [0.1, 0.15) is 285 Å². The summed E-state index contributed by atoms with van der Waals surface area (Å²) in [7, 11) is 0. The summed E-state index contributed by atoms with van der Waals surface area (Å²) in [4.78, 5) is 20.7. The summed E-state index contributed by atoms with van der Waals surface area (Å²) in [5, 5.41) is 41.1. The maximum absolute atomic E-state index is 10.3. The minimum Gasteiger partial charge on any atom is -0.481 e. The summed E-state index contributed by atoms with van der Waals surface area (Å²) in [6.07, 6.45) is 50.9. The fraction of sp³-hybridized carbons (Fsp3) is 0.959. The fourth-order valence-corrected chi connectivity index (χ4v) is 6.56. The van der Waals surface area contributed by atoms with Gasteiger partial charge in [0.2, 0.25) is 0 Å². The molecule has 0 fully saturated rings. The highest BCUT2D eigenvalue weighted by Gasteiger charge is 1.99. The van der Waals surface area contributed by atoms with Crippen molar-refractivity contribution in [3.05, 3.63) is 0 Å². The first-order valence-electron chi connectivity index (χ1n) is 24.6. The molecule has 0 saturated carbocycles. The van der Waals surface area contributed by atoms with Crippen LogP contribution in [0.4, 0.5) is 0 Å². The van der Waals surface area contributed by atoms with E-state index < -0.39 is 18.0 Å². The molecule has 5 N–H and O–H groups in total. The van der Waals surface area contributed by atoms with Crippen LogP contribution >= 0.6 is 0 Å². The Morgan fingerprint density at radius 2 is 0.446 bits per heavy atom. The zero-order valence-electron chi connectivity index (χ0n) is 38.3. The van der Waals surface area contributed by atoms with Crippen LogP contribution in [0.25, 0.3) is 0 Å². The van der Waals surface area contributed by atoms with E-state index in [9.17, 15) is 9.59 Å². The molecule has 0 amide bonds. The lowest BCUT2D eigenvalue weighted by molar-refractivity contribution is -0.138. The molecule has 56 heavy (non-hydrogen) atoms. The number of aliphatic hydroxyl groups is 3. The van der Waals surface area contributed by atoms with Crippen LogP contribution in [-0.2, 0) is 9.59 Å². The van der Waals surface area contributed by atoms with E-state index in [1.807, 2.05) is 0 Å². The second kappa shape index (κ2) is 60.5. The van der Waals surface area contributed by atoms with Gasteiger partial charge in [-0.1, -0.05) is 259 Å². The lowest BCUT2D eigenvalue weighted by Gasteiger charge is -2.03. The van der Waals surface area contributed by atoms with Gasteiger partial charge in [0.05, 0.1) is 13.2 Å². The highest BCUT2D eigenvalue weighted by molar-refractivity contribution is 5.66. The van der Waals surface area contributed by atoms with Gasteiger partial charge in [-0.25, -0.2) is 0 Å². The Bertz CT molecular complexity index is 631. The van der Waals surface area contributed by atoms with Crippen LogP contribution in [0, 0.1) is 0 Å². The molecule has 340 valence electrons. The Morgan fingerprint density at radius 3 is 0.554 bits per heavy atom. The van der Waals surface area contributed by atoms with Gasteiger partial charge < -0.3 is 25.5 Å². The minimum absolute atomic E-state index is 0.345. The Morgan fingerprint density at radius 1 is 0.304 bits per heavy atom. The highest BCUT2D eigenvalue weighted by Crippen LogP contribution is 2.15. The zero-order valence-corrected chi connectivity index (χ0v) is 38.3. The van der Waals surface area contributed by atoms with E-state index in [0.717, 1.165) is 25.7 Å². The van der Waals surface area contributed by atoms with Crippen molar-refractivity contribution in [3.63, 3.8) is 0 Å². The van der Waals surface area contributed by atoms with Crippen molar-refractivity contribution in [2.24, 2.45) is 0 Å². The van der Waals surface area contributed by atoms with Gasteiger partial charge in [0.25, 0.3) is 0 Å². The number of aliphatic hydroxyl groups excluding tert-OH is 3. The molecule has 0 aromatic carbocycles. The molecule has 0 saturated heterocycles. The van der Waals surface area contributed by atoms with E-state index in [1.165, 1.54) is 218 Å². The van der Waals surface area contributed by atoms with Gasteiger partial charge in [-0.3, -0.25) is 9.59 Å². The minimum atomic E-state index is -0.954. The predicted molar refractivity (Wildman–Crippen MR) is 243 cm³/mol. The second-order valence-corrected chi connectivity index (χ2v) is 16.3. The van der Waals surface area contributed by atoms with E-state index in [2.05, 4.69) is 27.7 Å². The smallest absolute Gasteiger partial charge is 0.303 e. The van der Waals surface area contributed by atoms with Gasteiger partial charge in [0.15, 0.2) is 0 Å². The van der Waals surface area contributed by atoms with Gasteiger partial charge in [0.1, 0.15) is 6.10 Å². The Kier molecular flexibility index (Phi) is 66.4. The van der Waals surface area contributed by atoms with E-state index in [4.69, 9.17) is 25.5 Å². The lowest BCUT2D eigenvalue weighted by Crippen LogP contribution is -2.15. The van der Waals surface area contributed by atoms with Crippen molar-refractivity contribution in [2.75, 3.05) is 13.2 Å². The third-order valence-electron chi connectivity index (χ3n) is 10.4. The second-order valence-electron chi connectivity index (χ2n) is 16.3. The summed E-state index contributed by atoms with van der Waals surface area (Å²) in [6.45, 7) is 8.35. The van der Waals surface area contributed by atoms with E-state index in [0.29, 0.717) is 12.8 Å². The van der Waals surface area contributed by atoms with Crippen molar-refractivity contribution in [3.8, 4) is 0 Å². The topological polar surface area (TPSA) is 135 Å². The molecule has 0 aliphatic rings. The molecule has 0 unspecified atom stereocenters. The van der Waals surface area contributed by atoms with Crippen molar-refractivity contribution in [1.82, 2.24) is 0 Å². The number of unbranched alkanes of at least 4 members (excludes halogenated alkanes) is 35. The van der Waals surface area contributed by atoms with Crippen molar-refractivity contribution in [2.45, 2.75) is 291 Å². The zero-order chi connectivity index (χ0) is 42.4. The van der Waals surface area contributed by atoms with Crippen LogP contribution < -0.4 is 0 Å². The summed E-state index contributed by atoms with van der Waals surface area (Å²) in [5.41, 5.74) is 0. The molecule has 0 spiro atoms. The normalized spacial score (nSPS) is 10.6. The van der Waals surface area contributed by atoms with E-state index in [1.54, 1.807) is 0 Å². The Balaban J connectivity index is -0.000000351. The van der Waals surface area contributed by atoms with Crippen LogP contribution in [0.3, 0.4) is 0 Å². The molecule has 0 aliphatic carbocycles. The summed E-state index contributed by atoms with van der Waals surface area (Å²) in [6, 6.07) is 0. The first kappa shape index (κ1) is 61.5. The molecule has 0 atom stereocenters. The summed E-state index contributed by atoms with van der Waals surface area (Å²) >= 11 is 0. The monoisotopic (exact) mass is 803 g/mol. The van der Waals surface area contributed by atoms with Gasteiger partial charge in [-0.05, 0) is 12.8 Å². The molecule has 0 aromatic heterocycles. The molecular formula is C49H102O7. The average molecular weight is 803 g/mol. The number of carboxylic acid groups (broad SMARTS) is 2. The van der Waals surface area contributed by atoms with Crippen molar-refractivity contribution < 1.29 is 35.1 Å². The highest BCUT2D eigenvalue weighted by atomic mass is 16.4. The number of carbonyl (C=O) groups is 2. The van der Waals surface area contributed by atoms with Crippen LogP contribution in [0.2, 0.25) is 0 Å². The molecule has 0 bridgehead atoms. The van der Waals surface area contributed by atoms with Gasteiger partial charge in [0, 0.05) is 12.8 Å². The lowest BCUT2D eigenvalue weighted by atomic mass is 10.0. The molecule has 7 nitrogen and oxygen atoms in total. The molecule has 0 radical (unpaired) electrons. The number of hydrogen-bond acceptors (Lipinski definition) is 5. The molecule has 0 heterocycles. The van der Waals surface area contributed by atoms with Crippen molar-refractivity contribution in [1.29, 1.82) is 0 Å². The summed E-state index contributed by atoms with van der Waals surface area (Å²) < 4.78 is 0. The number of rotatable bonds is 41. The summed E-state index contributed by atoms with van der Waals surface area (Å²) in [5.74, 6) is -1.31. The van der Waals surface area contributed by atoms with Crippen LogP contribution in [-0.4, -0.2) is 56.8 Å². The largest absolute Gasteiger partial charge is 0.481 e. The molecular weight excluding hydrogens is 701 g/mol. The SMILES string of the molecule is CCCCCCCCCC.CCCCCCCCCCCCCCCCCC(=O)O.CCCCCCCCCCCCCCCCCC(=O)O.OCC(O)CO. The maximum atomic E-state index is 10.3. The first-order valence-corrected chi connectivity index (χ1v) is 24.6. The van der Waals surface area contributed by atoms with Gasteiger partial charge in [-0.2, -0.15) is 0 Å². The quantitative estimate of drug-likeness (QED) is 0.0388. The third-order valence-corrected chi connectivity index (χ3v) is 10.4. The molecule has 0 rings (SSSR count). The van der Waals surface area contributed by atoms with Gasteiger partial charge in [-0.15, -0.1) is 0 Å². The maximum Gasteiger partial charge on any atom is 0.303 e. The molecule has 7 heteroatoms. The standard InChI is InChI=1S/2C18H36O2.C10H22.C3H8O3/c2*1-2-3-4-5-6-7-8-9-10-11-12-13-14-15-16-17-18(19)20;1-3-5-7-9-10-8-6-4-2;4-1-3(6)2-5/h2*2-17H2,1H3,(H,19,20);3-10H2,1-2H3;3-6H,1-2H2. The molecule has 0 aliphatic heterocycles. The van der Waals surface area contributed by atoms with E-state index >= 15 is 0 Å². The predicted octanol–water partition coefficient (Wildman–Crippen LogP) is 15.1. The van der Waals surface area contributed by atoms with Gasteiger partial charge >= 0.3 is 11.9 Å². The number of aliphatic carboxylic acids is 2. The number of hydrogen-bond donors (Lipinski definition) is 5. The number of carboxylic acids is 2. The van der Waals surface area contributed by atoms with Crippen molar-refractivity contribution >= 4 is 11.9 Å². The first-order chi connectivity index (χ1) is 27.3.